The highest BCUT2D eigenvalue weighted by Crippen LogP contribution is 2.22. The summed E-state index contributed by atoms with van der Waals surface area (Å²) in [6, 6.07) is 10.0. The van der Waals surface area contributed by atoms with Gasteiger partial charge in [0, 0.05) is 19.5 Å². The van der Waals surface area contributed by atoms with Crippen LogP contribution in [0.15, 0.2) is 43.0 Å². The normalized spacial score (nSPS) is 19.7. The molecule has 0 unspecified atom stereocenters. The molecule has 1 atom stereocenters. The minimum Gasteiger partial charge on any atom is -0.339 e. The zero-order valence-electron chi connectivity index (χ0n) is 12.8. The van der Waals surface area contributed by atoms with Crippen molar-refractivity contribution in [3.05, 3.63) is 48.6 Å². The molecule has 1 heterocycles. The molecule has 1 aromatic rings. The molecule has 0 aliphatic carbocycles. The molecule has 1 aliphatic heterocycles. The lowest BCUT2D eigenvalue weighted by molar-refractivity contribution is -0.131. The van der Waals surface area contributed by atoms with Gasteiger partial charge in [-0.15, -0.1) is 6.58 Å². The van der Waals surface area contributed by atoms with Crippen molar-refractivity contribution in [1.82, 2.24) is 4.90 Å². The second-order valence-corrected chi connectivity index (χ2v) is 8.07. The van der Waals surface area contributed by atoms with Crippen LogP contribution in [-0.4, -0.2) is 43.8 Å². The average molecular weight is 321 g/mol. The van der Waals surface area contributed by atoms with Gasteiger partial charge in [-0.3, -0.25) is 4.79 Å². The lowest BCUT2D eigenvalue weighted by atomic mass is 10.0. The Labute approximate surface area is 132 Å². The summed E-state index contributed by atoms with van der Waals surface area (Å²) in [7, 11) is -2.93. The van der Waals surface area contributed by atoms with Gasteiger partial charge in [0.25, 0.3) is 0 Å². The number of carbonyl (C=O) groups excluding carboxylic acids is 1. The fourth-order valence-corrected chi connectivity index (χ4v) is 4.65. The summed E-state index contributed by atoms with van der Waals surface area (Å²) >= 11 is 0. The Balaban J connectivity index is 1.89. The standard InChI is InChI=1S/C17H23NO3S/c1-2-10-18(11-8-15-6-4-3-5-7-15)17(19)13-16-9-12-22(20,21)14-16/h2-7,16H,1,8-14H2/t16-/m0/s1. The first kappa shape index (κ1) is 16.7. The summed E-state index contributed by atoms with van der Waals surface area (Å²) in [5.74, 6) is 0.370. The zero-order chi connectivity index (χ0) is 16.0. The van der Waals surface area contributed by atoms with Crippen LogP contribution in [0.5, 0.6) is 0 Å². The highest BCUT2D eigenvalue weighted by molar-refractivity contribution is 7.91. The molecule has 4 nitrogen and oxygen atoms in total. The number of hydrogen-bond donors (Lipinski definition) is 0. The van der Waals surface area contributed by atoms with Gasteiger partial charge >= 0.3 is 0 Å². The van der Waals surface area contributed by atoms with Crippen LogP contribution in [0.3, 0.4) is 0 Å². The van der Waals surface area contributed by atoms with Crippen LogP contribution in [-0.2, 0) is 21.1 Å². The van der Waals surface area contributed by atoms with Crippen LogP contribution in [0, 0.1) is 5.92 Å². The summed E-state index contributed by atoms with van der Waals surface area (Å²) in [5.41, 5.74) is 1.19. The molecule has 1 aromatic carbocycles. The van der Waals surface area contributed by atoms with Crippen molar-refractivity contribution in [2.24, 2.45) is 5.92 Å². The van der Waals surface area contributed by atoms with E-state index in [9.17, 15) is 13.2 Å². The van der Waals surface area contributed by atoms with Crippen molar-refractivity contribution in [3.63, 3.8) is 0 Å². The van der Waals surface area contributed by atoms with Crippen molar-refractivity contribution in [1.29, 1.82) is 0 Å². The number of hydrogen-bond acceptors (Lipinski definition) is 3. The number of carbonyl (C=O) groups is 1. The van der Waals surface area contributed by atoms with Crippen molar-refractivity contribution < 1.29 is 13.2 Å². The van der Waals surface area contributed by atoms with Gasteiger partial charge in [-0.1, -0.05) is 36.4 Å². The minimum absolute atomic E-state index is 0.0259. The van der Waals surface area contributed by atoms with E-state index in [1.165, 1.54) is 5.56 Å². The molecule has 0 radical (unpaired) electrons. The van der Waals surface area contributed by atoms with Gasteiger partial charge in [0.1, 0.15) is 0 Å². The lowest BCUT2D eigenvalue weighted by Gasteiger charge is -2.22. The Bertz CT molecular complexity index is 610. The van der Waals surface area contributed by atoms with Gasteiger partial charge in [-0.05, 0) is 24.3 Å². The second kappa shape index (κ2) is 7.58. The summed E-state index contributed by atoms with van der Waals surface area (Å²) in [5, 5.41) is 0. The van der Waals surface area contributed by atoms with Crippen LogP contribution in [0.1, 0.15) is 18.4 Å². The summed E-state index contributed by atoms with van der Waals surface area (Å²) in [6.07, 6.45) is 3.44. The first-order valence-electron chi connectivity index (χ1n) is 7.63. The molecule has 0 spiro atoms. The summed E-state index contributed by atoms with van der Waals surface area (Å²) < 4.78 is 23.0. The van der Waals surface area contributed by atoms with E-state index in [2.05, 4.69) is 6.58 Å². The fourth-order valence-electron chi connectivity index (χ4n) is 2.79. The van der Waals surface area contributed by atoms with E-state index < -0.39 is 9.84 Å². The molecular formula is C17H23NO3S. The molecule has 0 bridgehead atoms. The van der Waals surface area contributed by atoms with Gasteiger partial charge in [-0.25, -0.2) is 8.42 Å². The van der Waals surface area contributed by atoms with Crippen LogP contribution in [0.25, 0.3) is 0 Å². The van der Waals surface area contributed by atoms with Crippen molar-refractivity contribution in [2.75, 3.05) is 24.6 Å². The maximum absolute atomic E-state index is 12.4. The van der Waals surface area contributed by atoms with Crippen molar-refractivity contribution in [3.8, 4) is 0 Å². The SMILES string of the molecule is C=CCN(CCc1ccccc1)C(=O)C[C@@H]1CCS(=O)(=O)C1. The Kier molecular flexibility index (Phi) is 5.77. The van der Waals surface area contributed by atoms with E-state index in [1.54, 1.807) is 11.0 Å². The molecule has 1 saturated heterocycles. The van der Waals surface area contributed by atoms with E-state index >= 15 is 0 Å². The van der Waals surface area contributed by atoms with Gasteiger partial charge in [0.2, 0.25) is 5.91 Å². The molecule has 0 N–H and O–H groups in total. The van der Waals surface area contributed by atoms with E-state index in [-0.39, 0.29) is 23.3 Å². The molecule has 5 heteroatoms. The predicted molar refractivity (Wildman–Crippen MR) is 88.3 cm³/mol. The molecular weight excluding hydrogens is 298 g/mol. The molecule has 1 amide bonds. The minimum atomic E-state index is -2.93. The summed E-state index contributed by atoms with van der Waals surface area (Å²) in [4.78, 5) is 14.2. The van der Waals surface area contributed by atoms with E-state index in [0.29, 0.717) is 25.9 Å². The van der Waals surface area contributed by atoms with Crippen LogP contribution in [0.2, 0.25) is 0 Å². The number of benzene rings is 1. The van der Waals surface area contributed by atoms with Crippen LogP contribution >= 0.6 is 0 Å². The first-order valence-corrected chi connectivity index (χ1v) is 9.45. The quantitative estimate of drug-likeness (QED) is 0.723. The topological polar surface area (TPSA) is 54.5 Å². The predicted octanol–water partition coefficient (Wildman–Crippen LogP) is 2.07. The highest BCUT2D eigenvalue weighted by atomic mass is 32.2. The van der Waals surface area contributed by atoms with Crippen LogP contribution < -0.4 is 0 Å². The Hall–Kier alpha value is -1.62. The third-order valence-corrected chi connectivity index (χ3v) is 5.84. The molecule has 1 aliphatic rings. The van der Waals surface area contributed by atoms with Crippen LogP contribution in [0.4, 0.5) is 0 Å². The Morgan fingerprint density at radius 3 is 2.64 bits per heavy atom. The average Bonchev–Trinajstić information content (AvgIpc) is 2.83. The number of nitrogens with zero attached hydrogens (tertiary/aromatic N) is 1. The molecule has 2 rings (SSSR count). The molecule has 22 heavy (non-hydrogen) atoms. The molecule has 0 saturated carbocycles. The van der Waals surface area contributed by atoms with Gasteiger partial charge in [0.15, 0.2) is 9.84 Å². The Morgan fingerprint density at radius 2 is 2.05 bits per heavy atom. The van der Waals surface area contributed by atoms with E-state index in [4.69, 9.17) is 0 Å². The maximum Gasteiger partial charge on any atom is 0.223 e. The van der Waals surface area contributed by atoms with Crippen molar-refractivity contribution in [2.45, 2.75) is 19.3 Å². The number of rotatable bonds is 7. The van der Waals surface area contributed by atoms with Gasteiger partial charge in [-0.2, -0.15) is 0 Å². The Morgan fingerprint density at radius 1 is 1.32 bits per heavy atom. The van der Waals surface area contributed by atoms with E-state index in [0.717, 1.165) is 6.42 Å². The number of amides is 1. The van der Waals surface area contributed by atoms with E-state index in [1.807, 2.05) is 30.3 Å². The lowest BCUT2D eigenvalue weighted by Crippen LogP contribution is -2.34. The smallest absolute Gasteiger partial charge is 0.223 e. The van der Waals surface area contributed by atoms with Crippen molar-refractivity contribution >= 4 is 15.7 Å². The van der Waals surface area contributed by atoms with Gasteiger partial charge in [0.05, 0.1) is 11.5 Å². The second-order valence-electron chi connectivity index (χ2n) is 5.84. The van der Waals surface area contributed by atoms with Gasteiger partial charge < -0.3 is 4.90 Å². The molecule has 120 valence electrons. The monoisotopic (exact) mass is 321 g/mol. The summed E-state index contributed by atoms with van der Waals surface area (Å²) in [6.45, 7) is 4.84. The molecule has 0 aromatic heterocycles. The largest absolute Gasteiger partial charge is 0.339 e. The zero-order valence-corrected chi connectivity index (χ0v) is 13.6. The maximum atomic E-state index is 12.4. The fraction of sp³-hybridized carbons (Fsp3) is 0.471. The third-order valence-electron chi connectivity index (χ3n) is 4.01. The molecule has 1 fully saturated rings. The first-order chi connectivity index (χ1) is 10.5. The third kappa shape index (κ3) is 4.98. The number of sulfone groups is 1. The highest BCUT2D eigenvalue weighted by Gasteiger charge is 2.30.